The molecule has 21 heavy (non-hydrogen) atoms. The molecule has 0 radical (unpaired) electrons. The second-order valence-electron chi connectivity index (χ2n) is 4.45. The van der Waals surface area contributed by atoms with Crippen molar-refractivity contribution in [2.24, 2.45) is 0 Å². The minimum atomic E-state index is -0.334. The van der Waals surface area contributed by atoms with E-state index >= 15 is 0 Å². The van der Waals surface area contributed by atoms with Crippen LogP contribution >= 0.6 is 15.9 Å². The zero-order valence-electron chi connectivity index (χ0n) is 10.8. The molecule has 0 aliphatic carbocycles. The number of hydrogen-bond acceptors (Lipinski definition) is 2. The van der Waals surface area contributed by atoms with E-state index in [2.05, 4.69) is 22.0 Å². The van der Waals surface area contributed by atoms with Gasteiger partial charge in [0.05, 0.1) is 16.1 Å². The van der Waals surface area contributed by atoms with Gasteiger partial charge in [-0.05, 0) is 46.3 Å². The third kappa shape index (κ3) is 2.61. The molecular weight excluding hydrogens is 333 g/mol. The molecule has 0 aliphatic rings. The summed E-state index contributed by atoms with van der Waals surface area (Å²) in [4.78, 5) is 0. The molecule has 0 N–H and O–H groups in total. The lowest BCUT2D eigenvalue weighted by Crippen LogP contribution is -1.89. The minimum Gasteiger partial charge on any atom is -0.456 e. The van der Waals surface area contributed by atoms with Gasteiger partial charge in [-0.15, -0.1) is 0 Å². The average molecular weight is 342 g/mol. The van der Waals surface area contributed by atoms with Crippen molar-refractivity contribution in [2.45, 2.75) is 0 Å². The van der Waals surface area contributed by atoms with E-state index in [-0.39, 0.29) is 5.82 Å². The lowest BCUT2D eigenvalue weighted by molar-refractivity contribution is 0.483. The number of fused-ring (bicyclic) bond motifs is 1. The van der Waals surface area contributed by atoms with Gasteiger partial charge < -0.3 is 4.74 Å². The Morgan fingerprint density at radius 3 is 2.38 bits per heavy atom. The molecular formula is C17H9BrFNO. The van der Waals surface area contributed by atoms with Crippen molar-refractivity contribution < 1.29 is 9.13 Å². The van der Waals surface area contributed by atoms with E-state index in [1.807, 2.05) is 24.3 Å². The Bertz CT molecular complexity index is 870. The smallest absolute Gasteiger partial charge is 0.141 e. The van der Waals surface area contributed by atoms with E-state index in [0.29, 0.717) is 21.5 Å². The second-order valence-corrected chi connectivity index (χ2v) is 5.30. The fourth-order valence-electron chi connectivity index (χ4n) is 2.13. The van der Waals surface area contributed by atoms with Gasteiger partial charge in [0.2, 0.25) is 0 Å². The van der Waals surface area contributed by atoms with E-state index in [4.69, 9.17) is 10.00 Å². The van der Waals surface area contributed by atoms with Crippen molar-refractivity contribution in [3.05, 3.63) is 70.5 Å². The Morgan fingerprint density at radius 1 is 0.952 bits per heavy atom. The molecule has 3 aromatic rings. The van der Waals surface area contributed by atoms with Crippen molar-refractivity contribution in [2.75, 3.05) is 0 Å². The van der Waals surface area contributed by atoms with E-state index < -0.39 is 0 Å². The number of nitrogens with zero attached hydrogens (tertiary/aromatic N) is 1. The highest BCUT2D eigenvalue weighted by atomic mass is 79.9. The number of halogens is 2. The first-order valence-electron chi connectivity index (χ1n) is 6.24. The minimum absolute atomic E-state index is 0.334. The molecule has 0 bridgehead atoms. The van der Waals surface area contributed by atoms with Crippen LogP contribution in [0, 0.1) is 17.1 Å². The van der Waals surface area contributed by atoms with Crippen molar-refractivity contribution in [1.29, 1.82) is 5.26 Å². The summed E-state index contributed by atoms with van der Waals surface area (Å²) in [5.74, 6) is 0.807. The highest BCUT2D eigenvalue weighted by Gasteiger charge is 2.09. The Labute approximate surface area is 129 Å². The molecule has 0 atom stereocenters. The molecule has 0 fully saturated rings. The van der Waals surface area contributed by atoms with Gasteiger partial charge in [-0.2, -0.15) is 5.26 Å². The molecule has 3 aromatic carbocycles. The molecule has 0 unspecified atom stereocenters. The number of rotatable bonds is 2. The maximum Gasteiger partial charge on any atom is 0.141 e. The van der Waals surface area contributed by atoms with Crippen LogP contribution in [0.15, 0.2) is 59.1 Å². The number of ether oxygens (including phenoxy) is 1. The van der Waals surface area contributed by atoms with Gasteiger partial charge in [0.15, 0.2) is 0 Å². The molecule has 4 heteroatoms. The topological polar surface area (TPSA) is 33.0 Å². The van der Waals surface area contributed by atoms with E-state index in [0.717, 1.165) is 10.8 Å². The molecule has 0 saturated heterocycles. The predicted molar refractivity (Wildman–Crippen MR) is 82.8 cm³/mol. The molecule has 0 aromatic heterocycles. The van der Waals surface area contributed by atoms with Crippen LogP contribution in [0.1, 0.15) is 5.56 Å². The monoisotopic (exact) mass is 341 g/mol. The zero-order valence-corrected chi connectivity index (χ0v) is 12.4. The van der Waals surface area contributed by atoms with Crippen LogP contribution in [0.5, 0.6) is 11.5 Å². The zero-order chi connectivity index (χ0) is 14.8. The molecule has 3 rings (SSSR count). The summed E-state index contributed by atoms with van der Waals surface area (Å²) in [6, 6.07) is 17.4. The second kappa shape index (κ2) is 5.55. The third-order valence-electron chi connectivity index (χ3n) is 3.12. The number of hydrogen-bond donors (Lipinski definition) is 0. The summed E-state index contributed by atoms with van der Waals surface area (Å²) in [5, 5.41) is 10.8. The fraction of sp³-hybridized carbons (Fsp3) is 0. The van der Waals surface area contributed by atoms with E-state index in [1.165, 1.54) is 12.1 Å². The molecule has 0 aliphatic heterocycles. The van der Waals surface area contributed by atoms with Crippen molar-refractivity contribution >= 4 is 26.7 Å². The highest BCUT2D eigenvalue weighted by Crippen LogP contribution is 2.35. The summed E-state index contributed by atoms with van der Waals surface area (Å²) in [6.07, 6.45) is 0. The van der Waals surface area contributed by atoms with Crippen LogP contribution < -0.4 is 4.74 Å². The standard InChI is InChI=1S/C17H9BrFNO/c18-15-9-12(19)6-8-17(15)21-16-7-5-11(10-20)13-3-1-2-4-14(13)16/h1-9H. The van der Waals surface area contributed by atoms with E-state index in [9.17, 15) is 4.39 Å². The Morgan fingerprint density at radius 2 is 1.67 bits per heavy atom. The molecule has 0 amide bonds. The molecule has 102 valence electrons. The van der Waals surface area contributed by atoms with Crippen LogP contribution in [-0.4, -0.2) is 0 Å². The third-order valence-corrected chi connectivity index (χ3v) is 3.74. The summed E-state index contributed by atoms with van der Waals surface area (Å²) in [5.41, 5.74) is 0.594. The van der Waals surface area contributed by atoms with Gasteiger partial charge in [0.1, 0.15) is 17.3 Å². The van der Waals surface area contributed by atoms with Gasteiger partial charge in [-0.3, -0.25) is 0 Å². The van der Waals surface area contributed by atoms with Crippen LogP contribution in [0.2, 0.25) is 0 Å². The van der Waals surface area contributed by atoms with Crippen LogP contribution in [0.3, 0.4) is 0 Å². The lowest BCUT2D eigenvalue weighted by Gasteiger charge is -2.11. The van der Waals surface area contributed by atoms with Gasteiger partial charge >= 0.3 is 0 Å². The molecule has 0 saturated carbocycles. The van der Waals surface area contributed by atoms with Crippen LogP contribution in [-0.2, 0) is 0 Å². The largest absolute Gasteiger partial charge is 0.456 e. The van der Waals surface area contributed by atoms with Gasteiger partial charge in [0, 0.05) is 10.8 Å². The summed E-state index contributed by atoms with van der Waals surface area (Å²) in [6.45, 7) is 0. The van der Waals surface area contributed by atoms with Gasteiger partial charge in [-0.25, -0.2) is 4.39 Å². The number of benzene rings is 3. The first kappa shape index (κ1) is 13.6. The van der Waals surface area contributed by atoms with Crippen molar-refractivity contribution in [3.63, 3.8) is 0 Å². The Balaban J connectivity index is 2.12. The maximum absolute atomic E-state index is 13.1. The first-order valence-corrected chi connectivity index (χ1v) is 7.03. The summed E-state index contributed by atoms with van der Waals surface area (Å²) < 4.78 is 19.5. The average Bonchev–Trinajstić information content (AvgIpc) is 2.50. The van der Waals surface area contributed by atoms with Gasteiger partial charge in [0.25, 0.3) is 0 Å². The Hall–Kier alpha value is -2.38. The van der Waals surface area contributed by atoms with Crippen LogP contribution in [0.25, 0.3) is 10.8 Å². The van der Waals surface area contributed by atoms with Crippen molar-refractivity contribution in [1.82, 2.24) is 0 Å². The lowest BCUT2D eigenvalue weighted by atomic mass is 10.0. The first-order chi connectivity index (χ1) is 10.2. The predicted octanol–water partition coefficient (Wildman–Crippen LogP) is 5.41. The fourth-order valence-corrected chi connectivity index (χ4v) is 2.57. The van der Waals surface area contributed by atoms with Crippen LogP contribution in [0.4, 0.5) is 4.39 Å². The highest BCUT2D eigenvalue weighted by molar-refractivity contribution is 9.10. The quantitative estimate of drug-likeness (QED) is 0.624. The Kier molecular flexibility index (Phi) is 3.59. The summed E-state index contributed by atoms with van der Waals surface area (Å²) in [7, 11) is 0. The molecule has 2 nitrogen and oxygen atoms in total. The van der Waals surface area contributed by atoms with Crippen molar-refractivity contribution in [3.8, 4) is 17.6 Å². The maximum atomic E-state index is 13.1. The normalized spacial score (nSPS) is 10.3. The SMILES string of the molecule is N#Cc1ccc(Oc2ccc(F)cc2Br)c2ccccc12. The van der Waals surface area contributed by atoms with E-state index in [1.54, 1.807) is 18.2 Å². The van der Waals surface area contributed by atoms with Gasteiger partial charge in [-0.1, -0.05) is 24.3 Å². The molecule has 0 spiro atoms. The number of nitriles is 1. The summed E-state index contributed by atoms with van der Waals surface area (Å²) >= 11 is 3.28. The molecule has 0 heterocycles.